The number of rotatable bonds is 6. The number of amidine groups is 1. The van der Waals surface area contributed by atoms with Crippen LogP contribution in [0.25, 0.3) is 16.6 Å². The van der Waals surface area contributed by atoms with Crippen LogP contribution in [0.3, 0.4) is 0 Å². The van der Waals surface area contributed by atoms with Crippen LogP contribution in [0.5, 0.6) is 0 Å². The molecular weight excluding hydrogens is 316 g/mol. The van der Waals surface area contributed by atoms with Crippen molar-refractivity contribution in [1.82, 2.24) is 14.9 Å². The lowest BCUT2D eigenvalue weighted by Gasteiger charge is -2.18. The Bertz CT molecular complexity index is 796. The van der Waals surface area contributed by atoms with E-state index in [4.69, 9.17) is 10.1 Å². The fourth-order valence-electron chi connectivity index (χ4n) is 3.04. The molecule has 1 aromatic heterocycles. The second-order valence-corrected chi connectivity index (χ2v) is 6.90. The monoisotopic (exact) mass is 342 g/mol. The summed E-state index contributed by atoms with van der Waals surface area (Å²) in [5.74, 6) is 1.07. The molecule has 0 radical (unpaired) electrons. The van der Waals surface area contributed by atoms with Crippen molar-refractivity contribution in [2.24, 2.45) is 0 Å². The van der Waals surface area contributed by atoms with E-state index in [0.717, 1.165) is 17.5 Å². The summed E-state index contributed by atoms with van der Waals surface area (Å²) < 4.78 is 5.55. The van der Waals surface area contributed by atoms with Crippen molar-refractivity contribution in [1.29, 1.82) is 5.41 Å². The summed E-state index contributed by atoms with van der Waals surface area (Å²) in [6, 6.07) is 4.08. The van der Waals surface area contributed by atoms with Gasteiger partial charge in [0.25, 0.3) is 0 Å². The molecule has 0 aliphatic carbocycles. The molecule has 1 aliphatic heterocycles. The van der Waals surface area contributed by atoms with Gasteiger partial charge in [0.2, 0.25) is 0 Å². The van der Waals surface area contributed by atoms with Crippen LogP contribution in [0.2, 0.25) is 0 Å². The van der Waals surface area contributed by atoms with Crippen molar-refractivity contribution in [3.8, 4) is 0 Å². The highest BCUT2D eigenvalue weighted by atomic mass is 16.5. The van der Waals surface area contributed by atoms with Gasteiger partial charge in [-0.25, -0.2) is 4.98 Å². The number of hydrogen-bond acceptors (Lipinski definition) is 4. The van der Waals surface area contributed by atoms with Gasteiger partial charge in [-0.3, -0.25) is 5.41 Å². The largest absolute Gasteiger partial charge is 0.510 e. The Kier molecular flexibility index (Phi) is 4.81. The Morgan fingerprint density at radius 2 is 2.04 bits per heavy atom. The lowest BCUT2D eigenvalue weighted by molar-refractivity contribution is 0.0742. The molecule has 1 aliphatic rings. The van der Waals surface area contributed by atoms with Gasteiger partial charge in [0, 0.05) is 13.2 Å². The van der Waals surface area contributed by atoms with E-state index in [1.54, 1.807) is 0 Å². The molecule has 0 amide bonds. The van der Waals surface area contributed by atoms with Gasteiger partial charge in [0.05, 0.1) is 29.3 Å². The smallest absolute Gasteiger partial charge is 0.145 e. The van der Waals surface area contributed by atoms with Crippen molar-refractivity contribution in [3.05, 3.63) is 34.8 Å². The first-order valence-electron chi connectivity index (χ1n) is 8.71. The van der Waals surface area contributed by atoms with Gasteiger partial charge in [-0.05, 0) is 57.4 Å². The van der Waals surface area contributed by atoms with Gasteiger partial charge in [-0.2, -0.15) is 0 Å². The van der Waals surface area contributed by atoms with E-state index in [0.29, 0.717) is 36.9 Å². The molecule has 0 spiro atoms. The Morgan fingerprint density at radius 1 is 1.32 bits per heavy atom. The van der Waals surface area contributed by atoms with Crippen LogP contribution in [0.15, 0.2) is 17.9 Å². The van der Waals surface area contributed by atoms with Crippen molar-refractivity contribution in [2.45, 2.75) is 40.2 Å². The van der Waals surface area contributed by atoms with E-state index in [2.05, 4.69) is 29.9 Å². The Balaban J connectivity index is 1.76. The third-order valence-electron chi connectivity index (χ3n) is 4.54. The number of benzene rings is 1. The summed E-state index contributed by atoms with van der Waals surface area (Å²) in [4.78, 5) is 9.69. The molecule has 6 nitrogen and oxygen atoms in total. The summed E-state index contributed by atoms with van der Waals surface area (Å²) in [6.07, 6.45) is 1.03. The number of aromatic amines is 1. The van der Waals surface area contributed by atoms with Crippen LogP contribution < -0.4 is 0 Å². The number of nitrogens with one attached hydrogen (secondary N) is 2. The van der Waals surface area contributed by atoms with E-state index >= 15 is 0 Å². The molecule has 2 aromatic rings. The maximum absolute atomic E-state index is 10.4. The topological polar surface area (TPSA) is 85.2 Å². The van der Waals surface area contributed by atoms with Gasteiger partial charge in [0.1, 0.15) is 17.4 Å². The highest BCUT2D eigenvalue weighted by Gasteiger charge is 2.30. The number of fused-ring (bicyclic) bond motifs is 1. The SMILES string of the molecule is Cc1cc2nc(C3=C(O)CN(CCCOC(C)C)C3=N)[nH]c2cc1C. The van der Waals surface area contributed by atoms with Gasteiger partial charge in [-0.1, -0.05) is 0 Å². The number of nitrogens with zero attached hydrogens (tertiary/aromatic N) is 2. The molecule has 0 fully saturated rings. The van der Waals surface area contributed by atoms with Crippen molar-refractivity contribution >= 4 is 22.4 Å². The number of imidazole rings is 1. The van der Waals surface area contributed by atoms with Crippen LogP contribution >= 0.6 is 0 Å². The molecule has 25 heavy (non-hydrogen) atoms. The molecule has 134 valence electrons. The van der Waals surface area contributed by atoms with Gasteiger partial charge in [-0.15, -0.1) is 0 Å². The zero-order valence-corrected chi connectivity index (χ0v) is 15.3. The number of aliphatic hydroxyl groups excluding tert-OH is 1. The van der Waals surface area contributed by atoms with E-state index in [9.17, 15) is 5.11 Å². The maximum Gasteiger partial charge on any atom is 0.145 e. The van der Waals surface area contributed by atoms with E-state index in [1.807, 2.05) is 24.8 Å². The molecule has 0 unspecified atom stereocenters. The molecule has 1 aromatic carbocycles. The molecule has 0 saturated heterocycles. The van der Waals surface area contributed by atoms with Crippen LogP contribution in [-0.2, 0) is 4.74 Å². The fourth-order valence-corrected chi connectivity index (χ4v) is 3.04. The number of H-pyrrole nitrogens is 1. The number of aryl methyl sites for hydroxylation is 2. The minimum Gasteiger partial charge on any atom is -0.510 e. The van der Waals surface area contributed by atoms with Crippen LogP contribution in [0.1, 0.15) is 37.2 Å². The minimum absolute atomic E-state index is 0.197. The van der Waals surface area contributed by atoms with Crippen molar-refractivity contribution in [3.63, 3.8) is 0 Å². The van der Waals surface area contributed by atoms with Gasteiger partial charge in [0.15, 0.2) is 0 Å². The summed E-state index contributed by atoms with van der Waals surface area (Å²) in [6.45, 7) is 9.81. The summed E-state index contributed by atoms with van der Waals surface area (Å²) in [5.41, 5.74) is 4.65. The Hall–Kier alpha value is -2.34. The highest BCUT2D eigenvalue weighted by molar-refractivity contribution is 6.23. The molecule has 3 rings (SSSR count). The molecule has 0 bridgehead atoms. The summed E-state index contributed by atoms with van der Waals surface area (Å²) in [5, 5.41) is 18.8. The lowest BCUT2D eigenvalue weighted by atomic mass is 10.1. The average molecular weight is 342 g/mol. The second kappa shape index (κ2) is 6.88. The first-order chi connectivity index (χ1) is 11.9. The molecule has 0 atom stereocenters. The zero-order valence-electron chi connectivity index (χ0n) is 15.3. The predicted octanol–water partition coefficient (Wildman–Crippen LogP) is 3.56. The first-order valence-corrected chi connectivity index (χ1v) is 8.71. The number of aliphatic hydroxyl groups is 1. The molecule has 2 heterocycles. The zero-order chi connectivity index (χ0) is 18.1. The van der Waals surface area contributed by atoms with Crippen LogP contribution in [0.4, 0.5) is 0 Å². The summed E-state index contributed by atoms with van der Waals surface area (Å²) in [7, 11) is 0. The standard InChI is InChI=1S/C19H26N4O2/c1-11(2)25-7-5-6-23-10-16(24)17(18(23)20)19-21-14-8-12(3)13(4)9-15(14)22-19/h8-9,11,20,24H,5-7,10H2,1-4H3,(H,21,22). The van der Waals surface area contributed by atoms with E-state index < -0.39 is 0 Å². The van der Waals surface area contributed by atoms with E-state index in [1.165, 1.54) is 11.1 Å². The maximum atomic E-state index is 10.4. The minimum atomic E-state index is 0.197. The first kappa shape index (κ1) is 17.5. The Morgan fingerprint density at radius 3 is 2.76 bits per heavy atom. The van der Waals surface area contributed by atoms with Crippen LogP contribution in [-0.4, -0.2) is 51.6 Å². The third kappa shape index (κ3) is 3.54. The highest BCUT2D eigenvalue weighted by Crippen LogP contribution is 2.28. The molecule has 0 saturated carbocycles. The molecule has 6 heteroatoms. The van der Waals surface area contributed by atoms with Gasteiger partial charge >= 0.3 is 0 Å². The van der Waals surface area contributed by atoms with Crippen molar-refractivity contribution < 1.29 is 9.84 Å². The number of aromatic nitrogens is 2. The van der Waals surface area contributed by atoms with Crippen LogP contribution in [0, 0.1) is 19.3 Å². The van der Waals surface area contributed by atoms with Crippen molar-refractivity contribution in [2.75, 3.05) is 19.7 Å². The Labute approximate surface area is 148 Å². The quantitative estimate of drug-likeness (QED) is 0.701. The van der Waals surface area contributed by atoms with Gasteiger partial charge < -0.3 is 19.7 Å². The second-order valence-electron chi connectivity index (χ2n) is 6.90. The van der Waals surface area contributed by atoms with E-state index in [-0.39, 0.29) is 11.9 Å². The average Bonchev–Trinajstić information content (AvgIpc) is 3.04. The normalized spacial score (nSPS) is 15.2. The third-order valence-corrected chi connectivity index (χ3v) is 4.54. The molecular formula is C19H26N4O2. The summed E-state index contributed by atoms with van der Waals surface area (Å²) >= 11 is 0. The number of ether oxygens (including phenoxy) is 1. The predicted molar refractivity (Wildman–Crippen MR) is 100 cm³/mol. The number of hydrogen-bond donors (Lipinski definition) is 3. The molecule has 3 N–H and O–H groups in total. The lowest BCUT2D eigenvalue weighted by Crippen LogP contribution is -2.28. The fraction of sp³-hybridized carbons (Fsp3) is 0.474.